The molecule has 0 saturated carbocycles. The first-order valence-corrected chi connectivity index (χ1v) is 10.4. The van der Waals surface area contributed by atoms with Crippen LogP contribution in [0, 0.1) is 0 Å². The molecule has 4 aromatic rings. The van der Waals surface area contributed by atoms with Gasteiger partial charge in [0, 0.05) is 37.8 Å². The Kier molecular flexibility index (Phi) is 4.07. The predicted octanol–water partition coefficient (Wildman–Crippen LogP) is 3.87. The van der Waals surface area contributed by atoms with Crippen molar-refractivity contribution in [3.63, 3.8) is 0 Å². The van der Waals surface area contributed by atoms with Gasteiger partial charge in [-0.1, -0.05) is 24.3 Å². The quantitative estimate of drug-likeness (QED) is 0.512. The lowest BCUT2D eigenvalue weighted by Gasteiger charge is -2.19. The summed E-state index contributed by atoms with van der Waals surface area (Å²) in [4.78, 5) is 13.0. The molecule has 0 unspecified atom stereocenters. The number of hydrogen-bond acceptors (Lipinski definition) is 6. The van der Waals surface area contributed by atoms with Crippen LogP contribution in [-0.2, 0) is 11.8 Å². The molecule has 154 valence electrons. The van der Waals surface area contributed by atoms with Gasteiger partial charge in [-0.15, -0.1) is 10.2 Å². The third-order valence-electron chi connectivity index (χ3n) is 6.19. The molecule has 0 radical (unpaired) electrons. The van der Waals surface area contributed by atoms with Crippen LogP contribution in [0.3, 0.4) is 0 Å². The molecule has 2 aliphatic rings. The number of fused-ring (bicyclic) bond motifs is 3. The summed E-state index contributed by atoms with van der Waals surface area (Å²) in [5, 5.41) is 17.0. The van der Waals surface area contributed by atoms with E-state index in [1.165, 1.54) is 0 Å². The van der Waals surface area contributed by atoms with Crippen molar-refractivity contribution in [2.45, 2.75) is 18.8 Å². The van der Waals surface area contributed by atoms with E-state index in [9.17, 15) is 4.79 Å². The Morgan fingerprint density at radius 2 is 1.77 bits per heavy atom. The molecular weight excluding hydrogens is 392 g/mol. The minimum atomic E-state index is -0.0227. The second-order valence-electron chi connectivity index (χ2n) is 8.02. The van der Waals surface area contributed by atoms with E-state index in [1.807, 2.05) is 53.0 Å². The Morgan fingerprint density at radius 1 is 1.00 bits per heavy atom. The van der Waals surface area contributed by atoms with E-state index < -0.39 is 0 Å². The lowest BCUT2D eigenvalue weighted by atomic mass is 9.97. The van der Waals surface area contributed by atoms with E-state index in [-0.39, 0.29) is 5.56 Å². The number of benzene rings is 2. The second kappa shape index (κ2) is 6.95. The molecule has 6 rings (SSSR count). The molecule has 31 heavy (non-hydrogen) atoms. The molecule has 8 heteroatoms. The zero-order chi connectivity index (χ0) is 20.9. The van der Waals surface area contributed by atoms with Gasteiger partial charge in [-0.25, -0.2) is 4.52 Å². The van der Waals surface area contributed by atoms with Gasteiger partial charge in [0.25, 0.3) is 5.56 Å². The topological polar surface area (TPSA) is 85.6 Å². The van der Waals surface area contributed by atoms with Gasteiger partial charge in [-0.3, -0.25) is 9.36 Å². The summed E-state index contributed by atoms with van der Waals surface area (Å²) in [6.07, 6.45) is 1.91. The van der Waals surface area contributed by atoms with Gasteiger partial charge < -0.3 is 4.74 Å². The summed E-state index contributed by atoms with van der Waals surface area (Å²) in [5.41, 5.74) is 5.55. The molecule has 0 aliphatic carbocycles. The fraction of sp³-hybridized carbons (Fsp3) is 0.261. The summed E-state index contributed by atoms with van der Waals surface area (Å²) in [6, 6.07) is 15.9. The van der Waals surface area contributed by atoms with E-state index in [0.717, 1.165) is 59.6 Å². The largest absolute Gasteiger partial charge is 0.381 e. The molecule has 0 N–H and O–H groups in total. The number of rotatable bonds is 3. The average Bonchev–Trinajstić information content (AvgIpc) is 3.23. The number of amidine groups is 1. The second-order valence-corrected chi connectivity index (χ2v) is 8.02. The van der Waals surface area contributed by atoms with E-state index in [4.69, 9.17) is 9.84 Å². The fourth-order valence-corrected chi connectivity index (χ4v) is 4.39. The van der Waals surface area contributed by atoms with Gasteiger partial charge in [0.2, 0.25) is 5.84 Å². The van der Waals surface area contributed by atoms with Crippen LogP contribution >= 0.6 is 0 Å². The molecule has 0 spiro atoms. The van der Waals surface area contributed by atoms with Crippen molar-refractivity contribution in [2.75, 3.05) is 13.2 Å². The number of aromatic nitrogens is 3. The molecule has 1 fully saturated rings. The van der Waals surface area contributed by atoms with Crippen LogP contribution in [0.1, 0.15) is 30.0 Å². The van der Waals surface area contributed by atoms with Crippen molar-refractivity contribution in [2.24, 2.45) is 22.5 Å². The maximum atomic E-state index is 13.0. The number of hydrogen-bond donors (Lipinski definition) is 0. The molecular formula is C23H20N6O2. The highest BCUT2D eigenvalue weighted by Crippen LogP contribution is 2.29. The third-order valence-corrected chi connectivity index (χ3v) is 6.19. The highest BCUT2D eigenvalue weighted by atomic mass is 16.5. The summed E-state index contributed by atoms with van der Waals surface area (Å²) >= 11 is 0. The average molecular weight is 412 g/mol. The van der Waals surface area contributed by atoms with Crippen molar-refractivity contribution >= 4 is 22.4 Å². The molecule has 1 saturated heterocycles. The third kappa shape index (κ3) is 2.90. The Labute approximate surface area is 177 Å². The van der Waals surface area contributed by atoms with Crippen LogP contribution in [0.25, 0.3) is 27.7 Å². The zero-order valence-corrected chi connectivity index (χ0v) is 17.0. The first kappa shape index (κ1) is 18.1. The van der Waals surface area contributed by atoms with Crippen molar-refractivity contribution in [1.82, 2.24) is 14.2 Å². The summed E-state index contributed by atoms with van der Waals surface area (Å²) in [6.45, 7) is 1.51. The Bertz CT molecular complexity index is 1460. The molecule has 0 bridgehead atoms. The predicted molar refractivity (Wildman–Crippen MR) is 118 cm³/mol. The van der Waals surface area contributed by atoms with Gasteiger partial charge in [0.15, 0.2) is 0 Å². The van der Waals surface area contributed by atoms with Crippen molar-refractivity contribution in [3.05, 3.63) is 70.1 Å². The van der Waals surface area contributed by atoms with Gasteiger partial charge in [-0.2, -0.15) is 5.10 Å². The summed E-state index contributed by atoms with van der Waals surface area (Å²) in [5.74, 6) is 0.989. The van der Waals surface area contributed by atoms with Crippen LogP contribution in [0.2, 0.25) is 0 Å². The minimum Gasteiger partial charge on any atom is -0.381 e. The highest BCUT2D eigenvalue weighted by molar-refractivity contribution is 6.01. The highest BCUT2D eigenvalue weighted by Gasteiger charge is 2.21. The molecule has 8 nitrogen and oxygen atoms in total. The summed E-state index contributed by atoms with van der Waals surface area (Å²) in [7, 11) is 1.80. The maximum absolute atomic E-state index is 13.0. The first-order chi connectivity index (χ1) is 15.2. The monoisotopic (exact) mass is 412 g/mol. The van der Waals surface area contributed by atoms with Crippen LogP contribution in [-0.4, -0.2) is 33.2 Å². The first-order valence-electron chi connectivity index (χ1n) is 10.4. The van der Waals surface area contributed by atoms with Crippen LogP contribution < -0.4 is 5.56 Å². The van der Waals surface area contributed by atoms with Crippen LogP contribution in [0.15, 0.2) is 68.8 Å². The van der Waals surface area contributed by atoms with Gasteiger partial charge >= 0.3 is 0 Å². The lowest BCUT2D eigenvalue weighted by molar-refractivity contribution is 0.0844. The molecule has 2 aliphatic heterocycles. The van der Waals surface area contributed by atoms with Crippen molar-refractivity contribution < 1.29 is 4.74 Å². The van der Waals surface area contributed by atoms with Crippen LogP contribution in [0.5, 0.6) is 0 Å². The molecule has 0 amide bonds. The Balaban J connectivity index is 1.53. The normalized spacial score (nSPS) is 16.6. The smallest absolute Gasteiger partial charge is 0.261 e. The Morgan fingerprint density at radius 3 is 2.55 bits per heavy atom. The number of nitrogens with zero attached hydrogens (tertiary/aromatic N) is 6. The summed E-state index contributed by atoms with van der Waals surface area (Å²) < 4.78 is 9.08. The molecule has 0 atom stereocenters. The van der Waals surface area contributed by atoms with E-state index in [2.05, 4.69) is 15.4 Å². The van der Waals surface area contributed by atoms with E-state index in [0.29, 0.717) is 17.1 Å². The van der Waals surface area contributed by atoms with Gasteiger partial charge in [0.1, 0.15) is 5.65 Å². The number of aryl methyl sites for hydroxylation is 1. The van der Waals surface area contributed by atoms with Crippen molar-refractivity contribution in [3.8, 4) is 11.1 Å². The SMILES string of the molecule is Cn1c(=O)c2ccc(-c3cccc(C4=NN=N4)c3)cc2n2nc(C3CCOCC3)cc12. The molecule has 2 aromatic carbocycles. The Hall–Kier alpha value is -3.65. The zero-order valence-electron chi connectivity index (χ0n) is 17.0. The van der Waals surface area contributed by atoms with Gasteiger partial charge in [-0.05, 0) is 47.4 Å². The lowest BCUT2D eigenvalue weighted by Crippen LogP contribution is -2.19. The van der Waals surface area contributed by atoms with Crippen molar-refractivity contribution in [1.29, 1.82) is 0 Å². The number of ether oxygens (including phenoxy) is 1. The fourth-order valence-electron chi connectivity index (χ4n) is 4.39. The minimum absolute atomic E-state index is 0.0227. The van der Waals surface area contributed by atoms with Crippen LogP contribution in [0.4, 0.5) is 0 Å². The van der Waals surface area contributed by atoms with Gasteiger partial charge in [0.05, 0.1) is 16.6 Å². The molecule has 4 heterocycles. The maximum Gasteiger partial charge on any atom is 0.261 e. The van der Waals surface area contributed by atoms with E-state index >= 15 is 0 Å². The molecule has 2 aromatic heterocycles. The van der Waals surface area contributed by atoms with E-state index in [1.54, 1.807) is 11.6 Å². The standard InChI is InChI=1S/C23H20N6O2/c1-28-21-13-19(14-7-9-31-10-8-14)26-29(21)20-12-16(5-6-18(20)23(28)30)15-3-2-4-17(11-15)22-24-27-25-22/h2-6,11-14H,7-10H2,1H3.